The van der Waals surface area contributed by atoms with Gasteiger partial charge in [-0.2, -0.15) is 0 Å². The fraction of sp³-hybridized carbons (Fsp3) is 0.658. The molecule has 10 nitrogen and oxygen atoms in total. The number of rotatable bonds is 13. The zero-order valence-corrected chi connectivity index (χ0v) is 30.3. The summed E-state index contributed by atoms with van der Waals surface area (Å²) < 4.78 is 56.6. The Morgan fingerprint density at radius 3 is 2.32 bits per heavy atom. The Kier molecular flexibility index (Phi) is 10.5. The molecule has 7 rings (SSSR count). The molecule has 0 unspecified atom stereocenters. The molecule has 0 spiro atoms. The molecule has 2 aromatic rings. The molecule has 4 heterocycles. The number of sulfone groups is 1. The summed E-state index contributed by atoms with van der Waals surface area (Å²) in [5.74, 6) is 0.316. The van der Waals surface area contributed by atoms with Crippen molar-refractivity contribution in [3.63, 3.8) is 0 Å². The third-order valence-corrected chi connectivity index (χ3v) is 14.5. The Morgan fingerprint density at radius 1 is 0.980 bits per heavy atom. The van der Waals surface area contributed by atoms with Gasteiger partial charge in [0.2, 0.25) is 0 Å². The van der Waals surface area contributed by atoms with Crippen LogP contribution >= 0.6 is 0 Å². The number of anilines is 1. The van der Waals surface area contributed by atoms with Crippen molar-refractivity contribution >= 4 is 21.6 Å². The van der Waals surface area contributed by atoms with E-state index in [1.165, 1.54) is 19.6 Å². The summed E-state index contributed by atoms with van der Waals surface area (Å²) in [6, 6.07) is 14.6. The van der Waals surface area contributed by atoms with Crippen LogP contribution in [0.1, 0.15) is 44.1 Å². The number of carbonyl (C=O) groups excluding carboxylic acids is 1. The maximum atomic E-state index is 15.0. The van der Waals surface area contributed by atoms with Gasteiger partial charge in [0.1, 0.15) is 11.1 Å². The highest BCUT2D eigenvalue weighted by molar-refractivity contribution is 7.92. The van der Waals surface area contributed by atoms with Gasteiger partial charge in [-0.1, -0.05) is 18.6 Å². The van der Waals surface area contributed by atoms with Crippen LogP contribution in [-0.2, 0) is 29.5 Å². The van der Waals surface area contributed by atoms with E-state index in [2.05, 4.69) is 26.1 Å². The van der Waals surface area contributed by atoms with Gasteiger partial charge in [-0.25, -0.2) is 17.6 Å². The second kappa shape index (κ2) is 14.7. The highest BCUT2D eigenvalue weighted by Gasteiger charge is 2.54. The van der Waals surface area contributed by atoms with Gasteiger partial charge >= 0.3 is 6.09 Å². The predicted molar refractivity (Wildman–Crippen MR) is 190 cm³/mol. The van der Waals surface area contributed by atoms with Crippen LogP contribution in [0.5, 0.6) is 0 Å². The van der Waals surface area contributed by atoms with Gasteiger partial charge in [0.05, 0.1) is 31.8 Å². The molecule has 3 atom stereocenters. The van der Waals surface area contributed by atoms with Gasteiger partial charge in [0.15, 0.2) is 9.84 Å². The Labute approximate surface area is 296 Å². The van der Waals surface area contributed by atoms with Crippen molar-refractivity contribution in [1.29, 1.82) is 0 Å². The number of nitrogens with one attached hydrogen (secondary N) is 1. The number of carbonyl (C=O) groups is 1. The van der Waals surface area contributed by atoms with Crippen LogP contribution in [0.15, 0.2) is 53.4 Å². The van der Waals surface area contributed by atoms with E-state index >= 15 is 4.39 Å². The molecule has 1 amide bonds. The standard InChI is InChI=1S/C38H53FN4O6S/c1-47-27-37(24-43(25-37)31-10-12-32(13-11-31)50(45,46)33-21-49-22-33)23-42-18-14-28(15-19-42)38(26-41-16-5-17-41,29-6-3-7-30(39)20-29)34-8-4-9-35(34)40-36(44)48-2/h3,6-7,10-13,20,28,33-35H,4-5,8-9,14-19,21-27H2,1-2H3,(H,40,44)/t34-,35-,38-/m0/s1. The SMILES string of the molecule is COCC1(CN2CCC([C@@](CN3CCC3)(c3cccc(F)c3)[C@H]3CCC[C@@H]3NC(=O)OC)CC2)CN(c2ccc(S(=O)(=O)C3COC3)cc2)C1. The van der Waals surface area contributed by atoms with E-state index in [4.69, 9.17) is 14.2 Å². The van der Waals surface area contributed by atoms with Crippen LogP contribution in [0, 0.1) is 23.1 Å². The third-order valence-electron chi connectivity index (χ3n) is 12.4. The van der Waals surface area contributed by atoms with Crippen molar-refractivity contribution in [1.82, 2.24) is 15.1 Å². The summed E-state index contributed by atoms with van der Waals surface area (Å²) in [5, 5.41) is 2.74. The van der Waals surface area contributed by atoms with Crippen molar-refractivity contribution < 1.29 is 31.8 Å². The van der Waals surface area contributed by atoms with Gasteiger partial charge in [0, 0.05) is 55.8 Å². The lowest BCUT2D eigenvalue weighted by atomic mass is 9.57. The van der Waals surface area contributed by atoms with Gasteiger partial charge in [0.25, 0.3) is 0 Å². The molecule has 1 N–H and O–H groups in total. The number of methoxy groups -OCH3 is 2. The van der Waals surface area contributed by atoms with Crippen LogP contribution < -0.4 is 10.2 Å². The first-order valence-electron chi connectivity index (χ1n) is 18.4. The fourth-order valence-corrected chi connectivity index (χ4v) is 11.2. The Hall–Kier alpha value is -2.77. The molecule has 5 aliphatic rings. The number of amides is 1. The number of likely N-dealkylation sites (tertiary alicyclic amines) is 2. The molecule has 0 aromatic heterocycles. The lowest BCUT2D eigenvalue weighted by molar-refractivity contribution is -0.00635. The van der Waals surface area contributed by atoms with Crippen molar-refractivity contribution in [3.8, 4) is 0 Å². The number of hydrogen-bond donors (Lipinski definition) is 1. The highest BCUT2D eigenvalue weighted by atomic mass is 32.2. The second-order valence-electron chi connectivity index (χ2n) is 15.5. The molecular weight excluding hydrogens is 660 g/mol. The monoisotopic (exact) mass is 712 g/mol. The summed E-state index contributed by atoms with van der Waals surface area (Å²) in [5.41, 5.74) is 1.78. The first-order chi connectivity index (χ1) is 24.2. The minimum atomic E-state index is -3.36. The summed E-state index contributed by atoms with van der Waals surface area (Å²) in [6.07, 6.45) is 5.72. The first-order valence-corrected chi connectivity index (χ1v) is 19.9. The maximum absolute atomic E-state index is 15.0. The van der Waals surface area contributed by atoms with E-state index in [1.807, 2.05) is 18.2 Å². The van der Waals surface area contributed by atoms with Crippen molar-refractivity contribution in [2.75, 3.05) is 91.3 Å². The zero-order chi connectivity index (χ0) is 34.9. The molecule has 5 fully saturated rings. The first kappa shape index (κ1) is 35.6. The van der Waals surface area contributed by atoms with Crippen LogP contribution in [0.4, 0.5) is 14.9 Å². The molecule has 4 aliphatic heterocycles. The molecule has 1 saturated carbocycles. The van der Waals surface area contributed by atoms with Gasteiger partial charge in [-0.3, -0.25) is 0 Å². The van der Waals surface area contributed by atoms with Crippen LogP contribution in [0.25, 0.3) is 0 Å². The Balaban J connectivity index is 1.06. The minimum Gasteiger partial charge on any atom is -0.453 e. The summed E-state index contributed by atoms with van der Waals surface area (Å²) >= 11 is 0. The number of halogens is 1. The molecule has 0 radical (unpaired) electrons. The number of nitrogens with zero attached hydrogens (tertiary/aromatic N) is 3. The summed E-state index contributed by atoms with van der Waals surface area (Å²) in [7, 11) is -0.169. The smallest absolute Gasteiger partial charge is 0.407 e. The third kappa shape index (κ3) is 6.90. The molecule has 4 saturated heterocycles. The number of ether oxygens (including phenoxy) is 3. The molecular formula is C38H53FN4O6S. The van der Waals surface area contributed by atoms with Crippen molar-refractivity contribution in [2.45, 2.75) is 60.1 Å². The quantitative estimate of drug-likeness (QED) is 0.326. The topological polar surface area (TPSA) is 101 Å². The van der Waals surface area contributed by atoms with E-state index in [0.29, 0.717) is 17.4 Å². The van der Waals surface area contributed by atoms with Crippen LogP contribution in [0.3, 0.4) is 0 Å². The van der Waals surface area contributed by atoms with E-state index in [-0.39, 0.29) is 41.8 Å². The summed E-state index contributed by atoms with van der Waals surface area (Å²) in [4.78, 5) is 20.3. The van der Waals surface area contributed by atoms with Crippen molar-refractivity contribution in [2.24, 2.45) is 17.3 Å². The van der Waals surface area contributed by atoms with Gasteiger partial charge < -0.3 is 34.2 Å². The summed E-state index contributed by atoms with van der Waals surface area (Å²) in [6.45, 7) is 8.69. The van der Waals surface area contributed by atoms with Crippen LogP contribution in [0.2, 0.25) is 0 Å². The van der Waals surface area contributed by atoms with E-state index < -0.39 is 21.2 Å². The maximum Gasteiger partial charge on any atom is 0.407 e. The average molecular weight is 713 g/mol. The normalized spacial score (nSPS) is 26.0. The fourth-order valence-electron chi connectivity index (χ4n) is 9.74. The molecule has 1 aliphatic carbocycles. The Morgan fingerprint density at radius 2 is 1.72 bits per heavy atom. The Bertz CT molecular complexity index is 1590. The molecule has 50 heavy (non-hydrogen) atoms. The number of hydrogen-bond acceptors (Lipinski definition) is 9. The average Bonchev–Trinajstić information content (AvgIpc) is 3.51. The molecule has 0 bridgehead atoms. The number of alkyl carbamates (subject to hydrolysis) is 1. The second-order valence-corrected chi connectivity index (χ2v) is 17.7. The minimum absolute atomic E-state index is 0.0163. The predicted octanol–water partition coefficient (Wildman–Crippen LogP) is 4.33. The van der Waals surface area contributed by atoms with Gasteiger partial charge in [-0.05, 0) is 112 Å². The van der Waals surface area contributed by atoms with E-state index in [1.54, 1.807) is 25.3 Å². The van der Waals surface area contributed by atoms with E-state index in [0.717, 1.165) is 95.7 Å². The largest absolute Gasteiger partial charge is 0.453 e. The molecule has 2 aromatic carbocycles. The van der Waals surface area contributed by atoms with Crippen LogP contribution in [-0.4, -0.2) is 122 Å². The molecule has 274 valence electrons. The number of piperidine rings is 1. The van der Waals surface area contributed by atoms with Crippen molar-refractivity contribution in [3.05, 3.63) is 59.9 Å². The van der Waals surface area contributed by atoms with E-state index in [9.17, 15) is 13.2 Å². The highest BCUT2D eigenvalue weighted by Crippen LogP contribution is 2.52. The number of benzene rings is 2. The molecule has 12 heteroatoms. The van der Waals surface area contributed by atoms with Gasteiger partial charge in [-0.15, -0.1) is 0 Å². The zero-order valence-electron chi connectivity index (χ0n) is 29.5. The lowest BCUT2D eigenvalue weighted by Crippen LogP contribution is -2.64. The lowest BCUT2D eigenvalue weighted by Gasteiger charge is -2.56.